The van der Waals surface area contributed by atoms with Gasteiger partial charge in [-0.1, -0.05) is 36.4 Å². The monoisotopic (exact) mass is 593 g/mol. The van der Waals surface area contributed by atoms with Crippen LogP contribution >= 0.6 is 0 Å². The number of carbonyl (C=O) groups excluding carboxylic acids is 1. The van der Waals surface area contributed by atoms with E-state index in [1.54, 1.807) is 12.4 Å². The Labute approximate surface area is 258 Å². The fourth-order valence-electron chi connectivity index (χ4n) is 5.73. The molecule has 44 heavy (non-hydrogen) atoms. The predicted octanol–water partition coefficient (Wildman–Crippen LogP) is 5.78. The minimum absolute atomic E-state index is 0.132. The SMILES string of the molecule is O=C(NCc1ccc(Oc2cccnc2)cc1)c1ccc2c(c1)Cc1cccc(c1)CN(C1CCOCC1)CCOCCO2. The highest BCUT2D eigenvalue weighted by atomic mass is 16.5. The molecular weight excluding hydrogens is 554 g/mol. The van der Waals surface area contributed by atoms with Gasteiger partial charge >= 0.3 is 0 Å². The topological polar surface area (TPSA) is 82.2 Å². The van der Waals surface area contributed by atoms with Crippen LogP contribution in [0, 0.1) is 0 Å². The molecule has 3 aromatic carbocycles. The van der Waals surface area contributed by atoms with Gasteiger partial charge in [0.2, 0.25) is 0 Å². The smallest absolute Gasteiger partial charge is 0.251 e. The highest BCUT2D eigenvalue weighted by Gasteiger charge is 2.22. The molecule has 2 aliphatic rings. The molecule has 0 unspecified atom stereocenters. The van der Waals surface area contributed by atoms with Crippen molar-refractivity contribution >= 4 is 5.91 Å². The predicted molar refractivity (Wildman–Crippen MR) is 168 cm³/mol. The van der Waals surface area contributed by atoms with Gasteiger partial charge in [-0.05, 0) is 77.6 Å². The second-order valence-corrected chi connectivity index (χ2v) is 11.2. The Balaban J connectivity index is 1.13. The van der Waals surface area contributed by atoms with Crippen molar-refractivity contribution in [3.05, 3.63) is 119 Å². The zero-order valence-electron chi connectivity index (χ0n) is 25.0. The summed E-state index contributed by atoms with van der Waals surface area (Å²) in [5.74, 6) is 2.04. The quantitative estimate of drug-likeness (QED) is 0.303. The number of benzene rings is 3. The zero-order chi connectivity index (χ0) is 30.0. The van der Waals surface area contributed by atoms with Crippen molar-refractivity contribution in [3.8, 4) is 17.2 Å². The van der Waals surface area contributed by atoms with Gasteiger partial charge < -0.3 is 24.3 Å². The van der Waals surface area contributed by atoms with E-state index in [-0.39, 0.29) is 5.91 Å². The molecule has 0 saturated carbocycles. The zero-order valence-corrected chi connectivity index (χ0v) is 25.0. The normalized spacial score (nSPS) is 16.6. The summed E-state index contributed by atoms with van der Waals surface area (Å²) in [5.41, 5.74) is 5.02. The molecule has 2 bridgehead atoms. The third-order valence-corrected chi connectivity index (χ3v) is 8.06. The van der Waals surface area contributed by atoms with Crippen molar-refractivity contribution in [1.29, 1.82) is 0 Å². The van der Waals surface area contributed by atoms with Crippen LogP contribution in [-0.2, 0) is 29.0 Å². The Hall–Kier alpha value is -4.24. The third-order valence-electron chi connectivity index (χ3n) is 8.06. The van der Waals surface area contributed by atoms with E-state index >= 15 is 0 Å². The molecule has 0 spiro atoms. The lowest BCUT2D eigenvalue weighted by atomic mass is 9.99. The Bertz CT molecular complexity index is 1510. The average Bonchev–Trinajstić information content (AvgIpc) is 3.06. The largest absolute Gasteiger partial charge is 0.491 e. The van der Waals surface area contributed by atoms with Gasteiger partial charge in [0, 0.05) is 57.1 Å². The summed E-state index contributed by atoms with van der Waals surface area (Å²) in [7, 11) is 0. The molecule has 8 heteroatoms. The fourth-order valence-corrected chi connectivity index (χ4v) is 5.73. The van der Waals surface area contributed by atoms with Gasteiger partial charge in [0.15, 0.2) is 0 Å². The van der Waals surface area contributed by atoms with E-state index in [0.29, 0.717) is 55.9 Å². The van der Waals surface area contributed by atoms with Crippen LogP contribution in [0.4, 0.5) is 0 Å². The standard InChI is InChI=1S/C36H39N3O5/c40-36(38-24-27-6-9-33(10-7-27)44-34-5-2-14-37-25-34)30-8-11-35-31(23-30)22-28-3-1-4-29(21-28)26-39(15-18-42-19-20-43-35)32-12-16-41-17-13-32/h1-11,14,21,23,25,32H,12-13,15-20,22,24,26H2,(H,38,40). The molecule has 1 N–H and O–H groups in total. The maximum atomic E-state index is 13.2. The summed E-state index contributed by atoms with van der Waals surface area (Å²) in [6.07, 6.45) is 6.14. The molecular formula is C36H39N3O5. The molecule has 8 nitrogen and oxygen atoms in total. The van der Waals surface area contributed by atoms with Gasteiger partial charge in [0.1, 0.15) is 23.9 Å². The van der Waals surface area contributed by atoms with Crippen LogP contribution < -0.4 is 14.8 Å². The number of nitrogens with zero attached hydrogens (tertiary/aromatic N) is 2. The van der Waals surface area contributed by atoms with Crippen molar-refractivity contribution in [2.75, 3.05) is 39.6 Å². The van der Waals surface area contributed by atoms with Crippen LogP contribution in [-0.4, -0.2) is 61.4 Å². The number of carbonyl (C=O) groups is 1. The van der Waals surface area contributed by atoms with Crippen molar-refractivity contribution < 1.29 is 23.7 Å². The molecule has 6 rings (SSSR count). The van der Waals surface area contributed by atoms with E-state index < -0.39 is 0 Å². The summed E-state index contributed by atoms with van der Waals surface area (Å²) in [4.78, 5) is 19.8. The summed E-state index contributed by atoms with van der Waals surface area (Å²) in [6.45, 7) is 5.43. The molecule has 0 aliphatic carbocycles. The van der Waals surface area contributed by atoms with E-state index in [4.69, 9.17) is 18.9 Å². The minimum Gasteiger partial charge on any atom is -0.491 e. The van der Waals surface area contributed by atoms with Gasteiger partial charge in [-0.25, -0.2) is 0 Å². The second-order valence-electron chi connectivity index (χ2n) is 11.2. The number of pyridine rings is 1. The molecule has 3 heterocycles. The molecule has 1 fully saturated rings. The number of hydrogen-bond acceptors (Lipinski definition) is 7. The molecule has 2 aliphatic heterocycles. The average molecular weight is 594 g/mol. The third kappa shape index (κ3) is 8.23. The van der Waals surface area contributed by atoms with Crippen molar-refractivity contribution in [1.82, 2.24) is 15.2 Å². The van der Waals surface area contributed by atoms with Crippen LogP contribution in [0.25, 0.3) is 0 Å². The number of hydrogen-bond donors (Lipinski definition) is 1. The number of aromatic nitrogens is 1. The van der Waals surface area contributed by atoms with Crippen molar-refractivity contribution in [2.45, 2.75) is 38.4 Å². The Morgan fingerprint density at radius 2 is 1.70 bits per heavy atom. The van der Waals surface area contributed by atoms with Gasteiger partial charge in [0.25, 0.3) is 5.91 Å². The first-order chi connectivity index (χ1) is 21.7. The van der Waals surface area contributed by atoms with Crippen LogP contribution in [0.3, 0.4) is 0 Å². The van der Waals surface area contributed by atoms with Gasteiger partial charge in [0.05, 0.1) is 19.4 Å². The van der Waals surface area contributed by atoms with Crippen LogP contribution in [0.2, 0.25) is 0 Å². The van der Waals surface area contributed by atoms with Crippen LogP contribution in [0.1, 0.15) is 45.5 Å². The number of rotatable bonds is 6. The van der Waals surface area contributed by atoms with E-state index in [1.807, 2.05) is 54.6 Å². The molecule has 1 amide bonds. The number of amides is 1. The van der Waals surface area contributed by atoms with Crippen LogP contribution in [0.15, 0.2) is 91.3 Å². The highest BCUT2D eigenvalue weighted by Crippen LogP contribution is 2.26. The molecule has 0 atom stereocenters. The summed E-state index contributed by atoms with van der Waals surface area (Å²) >= 11 is 0. The Morgan fingerprint density at radius 3 is 2.55 bits per heavy atom. The molecule has 0 radical (unpaired) electrons. The Kier molecular flexibility index (Phi) is 10.1. The first kappa shape index (κ1) is 29.8. The maximum Gasteiger partial charge on any atom is 0.251 e. The van der Waals surface area contributed by atoms with E-state index in [9.17, 15) is 4.79 Å². The Morgan fingerprint density at radius 1 is 0.864 bits per heavy atom. The van der Waals surface area contributed by atoms with E-state index in [1.165, 1.54) is 11.1 Å². The van der Waals surface area contributed by atoms with Gasteiger partial charge in [-0.15, -0.1) is 0 Å². The van der Waals surface area contributed by atoms with E-state index in [0.717, 1.165) is 56.0 Å². The molecule has 1 saturated heterocycles. The minimum atomic E-state index is -0.132. The lowest BCUT2D eigenvalue weighted by Crippen LogP contribution is -2.41. The fraction of sp³-hybridized carbons (Fsp3) is 0.333. The first-order valence-electron chi connectivity index (χ1n) is 15.4. The first-order valence-corrected chi connectivity index (χ1v) is 15.4. The lowest BCUT2D eigenvalue weighted by molar-refractivity contribution is 0.0133. The molecule has 1 aromatic heterocycles. The van der Waals surface area contributed by atoms with Gasteiger partial charge in [-0.3, -0.25) is 14.7 Å². The van der Waals surface area contributed by atoms with Crippen LogP contribution in [0.5, 0.6) is 17.2 Å². The van der Waals surface area contributed by atoms with Crippen molar-refractivity contribution in [2.24, 2.45) is 0 Å². The summed E-state index contributed by atoms with van der Waals surface area (Å²) < 4.78 is 23.6. The summed E-state index contributed by atoms with van der Waals surface area (Å²) in [6, 6.07) is 26.3. The lowest BCUT2D eigenvalue weighted by Gasteiger charge is -2.34. The van der Waals surface area contributed by atoms with E-state index in [2.05, 4.69) is 39.5 Å². The maximum absolute atomic E-state index is 13.2. The number of fused-ring (bicyclic) bond motifs is 3. The second kappa shape index (κ2) is 15.0. The molecule has 228 valence electrons. The highest BCUT2D eigenvalue weighted by molar-refractivity contribution is 5.94. The van der Waals surface area contributed by atoms with Gasteiger partial charge in [-0.2, -0.15) is 0 Å². The number of nitrogens with one attached hydrogen (secondary N) is 1. The number of ether oxygens (including phenoxy) is 4. The summed E-state index contributed by atoms with van der Waals surface area (Å²) in [5, 5.41) is 3.05. The van der Waals surface area contributed by atoms with Crippen molar-refractivity contribution in [3.63, 3.8) is 0 Å². The molecule has 4 aromatic rings.